The average Bonchev–Trinajstić information content (AvgIpc) is 2.65. The Balaban J connectivity index is 4.01. The van der Waals surface area contributed by atoms with E-state index in [4.69, 9.17) is 0 Å². The maximum atomic E-state index is 12.7. The molecule has 0 bridgehead atoms. The van der Waals surface area contributed by atoms with Gasteiger partial charge in [-0.05, 0) is 12.8 Å². The van der Waals surface area contributed by atoms with Gasteiger partial charge in [-0.15, -0.1) is 0 Å². The zero-order chi connectivity index (χ0) is 20.5. The number of ketones is 2. The van der Waals surface area contributed by atoms with Crippen LogP contribution in [0.2, 0.25) is 0 Å². The monoisotopic (exact) mass is 380 g/mol. The Labute approximate surface area is 170 Å². The third-order valence-electron chi connectivity index (χ3n) is 6.32. The van der Waals surface area contributed by atoms with E-state index in [2.05, 4.69) is 13.8 Å². The third-order valence-corrected chi connectivity index (χ3v) is 6.32. The largest absolute Gasteiger partial charge is 0.299 e. The molecule has 0 saturated carbocycles. The van der Waals surface area contributed by atoms with Crippen LogP contribution in [-0.2, 0) is 9.59 Å². The minimum absolute atomic E-state index is 0.158. The van der Waals surface area contributed by atoms with Crippen LogP contribution >= 0.6 is 0 Å². The predicted octanol–water partition coefficient (Wildman–Crippen LogP) is 8.07. The van der Waals surface area contributed by atoms with Gasteiger partial charge in [0.15, 0.2) is 0 Å². The summed E-state index contributed by atoms with van der Waals surface area (Å²) in [7, 11) is 0. The van der Waals surface area contributed by atoms with Crippen molar-refractivity contribution in [3.63, 3.8) is 0 Å². The smallest absolute Gasteiger partial charge is 0.139 e. The Morgan fingerprint density at radius 3 is 1.44 bits per heavy atom. The first-order chi connectivity index (χ1) is 12.9. The van der Waals surface area contributed by atoms with E-state index in [0.717, 1.165) is 25.7 Å². The lowest BCUT2D eigenvalue weighted by molar-refractivity contribution is -0.137. The first kappa shape index (κ1) is 26.3. The fraction of sp³-hybridized carbons (Fsp3) is 0.920. The quantitative estimate of drug-likeness (QED) is 0.212. The SMILES string of the molecule is CCCCCCCCCC(=O)C(C)C(C)(C)C(=O)CCCCCCCCC. The first-order valence-electron chi connectivity index (χ1n) is 11.9. The molecule has 0 aromatic heterocycles. The number of carbonyl (C=O) groups is 2. The number of carbonyl (C=O) groups excluding carboxylic acids is 2. The van der Waals surface area contributed by atoms with E-state index >= 15 is 0 Å². The lowest BCUT2D eigenvalue weighted by Gasteiger charge is -2.29. The summed E-state index contributed by atoms with van der Waals surface area (Å²) in [5.74, 6) is 0.396. The molecule has 0 rings (SSSR count). The van der Waals surface area contributed by atoms with Gasteiger partial charge in [-0.2, -0.15) is 0 Å². The predicted molar refractivity (Wildman–Crippen MR) is 118 cm³/mol. The highest BCUT2D eigenvalue weighted by Gasteiger charge is 2.36. The van der Waals surface area contributed by atoms with E-state index in [9.17, 15) is 9.59 Å². The fourth-order valence-electron chi connectivity index (χ4n) is 3.68. The number of Topliss-reactive ketones (excluding diaryl/α,β-unsaturated/α-hetero) is 2. The Hall–Kier alpha value is -0.660. The zero-order valence-electron chi connectivity index (χ0n) is 19.2. The third kappa shape index (κ3) is 12.4. The van der Waals surface area contributed by atoms with Gasteiger partial charge < -0.3 is 0 Å². The molecule has 0 radical (unpaired) electrons. The minimum atomic E-state index is -0.513. The van der Waals surface area contributed by atoms with Gasteiger partial charge in [0.05, 0.1) is 0 Å². The second-order valence-electron chi connectivity index (χ2n) is 9.08. The van der Waals surface area contributed by atoms with Gasteiger partial charge in [0.25, 0.3) is 0 Å². The normalized spacial score (nSPS) is 12.9. The van der Waals surface area contributed by atoms with E-state index in [0.29, 0.717) is 12.8 Å². The van der Waals surface area contributed by atoms with Crippen molar-refractivity contribution >= 4 is 11.6 Å². The molecule has 1 atom stereocenters. The molecule has 160 valence electrons. The van der Waals surface area contributed by atoms with Gasteiger partial charge in [0.2, 0.25) is 0 Å². The van der Waals surface area contributed by atoms with Gasteiger partial charge in [-0.3, -0.25) is 9.59 Å². The van der Waals surface area contributed by atoms with Gasteiger partial charge in [0, 0.05) is 24.2 Å². The van der Waals surface area contributed by atoms with Crippen molar-refractivity contribution in [1.82, 2.24) is 0 Å². The van der Waals surface area contributed by atoms with Crippen LogP contribution in [0.5, 0.6) is 0 Å². The minimum Gasteiger partial charge on any atom is -0.299 e. The van der Waals surface area contributed by atoms with Crippen LogP contribution in [0.3, 0.4) is 0 Å². The van der Waals surface area contributed by atoms with Crippen molar-refractivity contribution in [2.24, 2.45) is 11.3 Å². The molecule has 0 aliphatic rings. The molecular formula is C25H48O2. The first-order valence-corrected chi connectivity index (χ1v) is 11.9. The Morgan fingerprint density at radius 2 is 1.00 bits per heavy atom. The van der Waals surface area contributed by atoms with Gasteiger partial charge in [0.1, 0.15) is 11.6 Å². The summed E-state index contributed by atoms with van der Waals surface area (Å²) in [6.07, 6.45) is 18.4. The van der Waals surface area contributed by atoms with Crippen molar-refractivity contribution in [2.75, 3.05) is 0 Å². The van der Waals surface area contributed by atoms with Crippen molar-refractivity contribution in [1.29, 1.82) is 0 Å². The molecule has 0 spiro atoms. The Morgan fingerprint density at radius 1 is 0.630 bits per heavy atom. The molecule has 1 unspecified atom stereocenters. The van der Waals surface area contributed by atoms with Crippen LogP contribution in [0, 0.1) is 11.3 Å². The maximum absolute atomic E-state index is 12.7. The van der Waals surface area contributed by atoms with E-state index in [1.807, 2.05) is 20.8 Å². The van der Waals surface area contributed by atoms with Crippen molar-refractivity contribution in [3.05, 3.63) is 0 Å². The van der Waals surface area contributed by atoms with Gasteiger partial charge >= 0.3 is 0 Å². The standard InChI is InChI=1S/C25H48O2/c1-6-8-10-12-14-16-18-20-23(26)22(3)25(4,5)24(27)21-19-17-15-13-11-9-7-2/h22H,6-21H2,1-5H3. The van der Waals surface area contributed by atoms with E-state index in [1.165, 1.54) is 64.2 Å². The number of rotatable bonds is 19. The molecule has 0 heterocycles. The molecule has 0 fully saturated rings. The molecule has 0 aliphatic carbocycles. The van der Waals surface area contributed by atoms with Crippen LogP contribution in [-0.4, -0.2) is 11.6 Å². The van der Waals surface area contributed by atoms with Crippen molar-refractivity contribution in [3.8, 4) is 0 Å². The molecule has 0 aliphatic heterocycles. The summed E-state index contributed by atoms with van der Waals surface area (Å²) in [5.41, 5.74) is -0.513. The van der Waals surface area contributed by atoms with Gasteiger partial charge in [-0.25, -0.2) is 0 Å². The van der Waals surface area contributed by atoms with E-state index < -0.39 is 5.41 Å². The van der Waals surface area contributed by atoms with Crippen LogP contribution in [0.15, 0.2) is 0 Å². The van der Waals surface area contributed by atoms with Crippen LogP contribution < -0.4 is 0 Å². The van der Waals surface area contributed by atoms with Crippen LogP contribution in [0.4, 0.5) is 0 Å². The summed E-state index contributed by atoms with van der Waals surface area (Å²) in [6.45, 7) is 10.4. The van der Waals surface area contributed by atoms with Crippen molar-refractivity contribution < 1.29 is 9.59 Å². The number of hydrogen-bond donors (Lipinski definition) is 0. The van der Waals surface area contributed by atoms with Crippen LogP contribution in [0.25, 0.3) is 0 Å². The Bertz CT molecular complexity index is 384. The molecule has 0 aromatic rings. The van der Waals surface area contributed by atoms with E-state index in [-0.39, 0.29) is 17.5 Å². The fourth-order valence-corrected chi connectivity index (χ4v) is 3.68. The number of unbranched alkanes of at least 4 members (excludes halogenated alkanes) is 12. The van der Waals surface area contributed by atoms with Crippen LogP contribution in [0.1, 0.15) is 137 Å². The van der Waals surface area contributed by atoms with E-state index in [1.54, 1.807) is 0 Å². The molecule has 0 saturated heterocycles. The molecule has 0 amide bonds. The summed E-state index contributed by atoms with van der Waals surface area (Å²) in [6, 6.07) is 0. The lowest BCUT2D eigenvalue weighted by atomic mass is 9.72. The van der Waals surface area contributed by atoms with Gasteiger partial charge in [-0.1, -0.05) is 112 Å². The molecule has 27 heavy (non-hydrogen) atoms. The average molecular weight is 381 g/mol. The second kappa shape index (κ2) is 16.3. The summed E-state index contributed by atoms with van der Waals surface area (Å²) < 4.78 is 0. The molecule has 0 aromatic carbocycles. The zero-order valence-corrected chi connectivity index (χ0v) is 19.2. The molecule has 2 heteroatoms. The van der Waals surface area contributed by atoms with Crippen molar-refractivity contribution in [2.45, 2.75) is 137 Å². The highest BCUT2D eigenvalue weighted by Crippen LogP contribution is 2.32. The summed E-state index contributed by atoms with van der Waals surface area (Å²) in [5, 5.41) is 0. The molecule has 0 N–H and O–H groups in total. The maximum Gasteiger partial charge on any atom is 0.139 e. The lowest BCUT2D eigenvalue weighted by Crippen LogP contribution is -2.36. The Kier molecular flexibility index (Phi) is 15.9. The summed E-state index contributed by atoms with van der Waals surface area (Å²) >= 11 is 0. The second-order valence-corrected chi connectivity index (χ2v) is 9.08. The highest BCUT2D eigenvalue weighted by atomic mass is 16.1. The number of hydrogen-bond acceptors (Lipinski definition) is 2. The summed E-state index contributed by atoms with van der Waals surface area (Å²) in [4.78, 5) is 25.2. The highest BCUT2D eigenvalue weighted by molar-refractivity contribution is 5.91. The molecule has 2 nitrogen and oxygen atoms in total. The topological polar surface area (TPSA) is 34.1 Å². The molecular weight excluding hydrogens is 332 g/mol.